The van der Waals surface area contributed by atoms with Crippen LogP contribution < -0.4 is 5.32 Å². The van der Waals surface area contributed by atoms with Crippen LogP contribution in [0.4, 0.5) is 4.79 Å². The lowest BCUT2D eigenvalue weighted by atomic mass is 10.5. The van der Waals surface area contributed by atoms with Crippen molar-refractivity contribution in [3.05, 3.63) is 0 Å². The molecule has 0 unspecified atom stereocenters. The molecule has 2 N–H and O–H groups in total. The van der Waals surface area contributed by atoms with Crippen molar-refractivity contribution in [1.29, 1.82) is 0 Å². The summed E-state index contributed by atoms with van der Waals surface area (Å²) in [6.07, 6.45) is 0. The van der Waals surface area contributed by atoms with Gasteiger partial charge in [0.2, 0.25) is 0 Å². The number of ether oxygens (including phenoxy) is 1. The summed E-state index contributed by atoms with van der Waals surface area (Å²) in [5.74, 6) is -1.84. The summed E-state index contributed by atoms with van der Waals surface area (Å²) in [7, 11) is 5.30. The maximum Gasteiger partial charge on any atom is 0.329 e. The Hall–Kier alpha value is -1.67. The van der Waals surface area contributed by atoms with Crippen molar-refractivity contribution in [2.24, 2.45) is 0 Å². The van der Waals surface area contributed by atoms with E-state index in [1.807, 2.05) is 19.0 Å². The number of rotatable bonds is 7. The average Bonchev–Trinajstić information content (AvgIpc) is 2.24. The molecule has 8 nitrogen and oxygen atoms in total. The molecule has 0 bridgehead atoms. The Bertz CT molecular complexity index is 306. The van der Waals surface area contributed by atoms with Crippen molar-refractivity contribution in [1.82, 2.24) is 15.1 Å². The zero-order valence-electron chi connectivity index (χ0n) is 10.8. The van der Waals surface area contributed by atoms with Gasteiger partial charge in [-0.25, -0.2) is 9.59 Å². The Kier molecular flexibility index (Phi) is 7.64. The standard InChI is InChI=1S/C10H19N3O5/c1-12(2)4-5-13(3)10(17)11-8(14)6-18-7-9(15)16/h4-7H2,1-3H3,(H,15,16)(H,11,14,17). The molecule has 0 aliphatic heterocycles. The number of hydrogen-bond donors (Lipinski definition) is 2. The fourth-order valence-corrected chi connectivity index (χ4v) is 0.933. The first-order valence-corrected chi connectivity index (χ1v) is 5.32. The smallest absolute Gasteiger partial charge is 0.329 e. The Morgan fingerprint density at radius 3 is 2.22 bits per heavy atom. The van der Waals surface area contributed by atoms with Crippen molar-refractivity contribution in [3.63, 3.8) is 0 Å². The van der Waals surface area contributed by atoms with Gasteiger partial charge in [0, 0.05) is 20.1 Å². The minimum atomic E-state index is -1.17. The van der Waals surface area contributed by atoms with Gasteiger partial charge >= 0.3 is 12.0 Å². The first-order chi connectivity index (χ1) is 8.32. The van der Waals surface area contributed by atoms with E-state index in [0.717, 1.165) is 0 Å². The number of urea groups is 1. The van der Waals surface area contributed by atoms with Crippen LogP contribution in [0, 0.1) is 0 Å². The van der Waals surface area contributed by atoms with E-state index in [1.165, 1.54) is 4.90 Å². The van der Waals surface area contributed by atoms with Gasteiger partial charge in [-0.15, -0.1) is 0 Å². The summed E-state index contributed by atoms with van der Waals surface area (Å²) in [6.45, 7) is 0.118. The molecule has 0 radical (unpaired) electrons. The van der Waals surface area contributed by atoms with E-state index < -0.39 is 31.1 Å². The van der Waals surface area contributed by atoms with Crippen LogP contribution in [-0.2, 0) is 14.3 Å². The second-order valence-electron chi connectivity index (χ2n) is 3.96. The minimum Gasteiger partial charge on any atom is -0.480 e. The first kappa shape index (κ1) is 16.3. The fourth-order valence-electron chi connectivity index (χ4n) is 0.933. The molecule has 0 saturated heterocycles. The molecule has 0 spiro atoms. The number of carboxylic acid groups (broad SMARTS) is 1. The van der Waals surface area contributed by atoms with E-state index in [-0.39, 0.29) is 0 Å². The molecule has 0 aromatic heterocycles. The molecule has 0 aromatic rings. The predicted octanol–water partition coefficient (Wildman–Crippen LogP) is -1.18. The molecule has 0 aliphatic carbocycles. The molecule has 0 rings (SSSR count). The van der Waals surface area contributed by atoms with Gasteiger partial charge in [-0.3, -0.25) is 10.1 Å². The van der Waals surface area contributed by atoms with Crippen LogP contribution in [0.1, 0.15) is 0 Å². The molecular weight excluding hydrogens is 242 g/mol. The molecule has 0 aliphatic rings. The summed E-state index contributed by atoms with van der Waals surface area (Å²) < 4.78 is 4.55. The van der Waals surface area contributed by atoms with Crippen molar-refractivity contribution in [2.45, 2.75) is 0 Å². The second kappa shape index (κ2) is 8.43. The number of carbonyl (C=O) groups is 3. The maximum atomic E-state index is 11.5. The molecule has 0 saturated carbocycles. The largest absolute Gasteiger partial charge is 0.480 e. The van der Waals surface area contributed by atoms with Crippen LogP contribution >= 0.6 is 0 Å². The van der Waals surface area contributed by atoms with Crippen molar-refractivity contribution in [3.8, 4) is 0 Å². The Morgan fingerprint density at radius 2 is 1.72 bits per heavy atom. The lowest BCUT2D eigenvalue weighted by molar-refractivity contribution is -0.143. The van der Waals surface area contributed by atoms with Gasteiger partial charge in [0.25, 0.3) is 5.91 Å². The quantitative estimate of drug-likeness (QED) is 0.598. The van der Waals surface area contributed by atoms with Crippen molar-refractivity contribution < 1.29 is 24.2 Å². The van der Waals surface area contributed by atoms with Gasteiger partial charge in [0.15, 0.2) is 0 Å². The highest BCUT2D eigenvalue weighted by Gasteiger charge is 2.12. The zero-order chi connectivity index (χ0) is 14.1. The summed E-state index contributed by atoms with van der Waals surface area (Å²) in [5, 5.41) is 10.4. The minimum absolute atomic E-state index is 0.459. The maximum absolute atomic E-state index is 11.5. The number of nitrogens with zero attached hydrogens (tertiary/aromatic N) is 2. The third-order valence-corrected chi connectivity index (χ3v) is 1.93. The number of imide groups is 1. The summed E-state index contributed by atoms with van der Waals surface area (Å²) in [5.41, 5.74) is 0. The monoisotopic (exact) mass is 261 g/mol. The predicted molar refractivity (Wildman–Crippen MR) is 63.2 cm³/mol. The summed E-state index contributed by atoms with van der Waals surface area (Å²) >= 11 is 0. The Balaban J connectivity index is 3.85. The van der Waals surface area contributed by atoms with E-state index in [0.29, 0.717) is 13.1 Å². The Morgan fingerprint density at radius 1 is 1.11 bits per heavy atom. The molecule has 3 amide bonds. The van der Waals surface area contributed by atoms with Crippen molar-refractivity contribution >= 4 is 17.9 Å². The fraction of sp³-hybridized carbons (Fsp3) is 0.700. The second-order valence-corrected chi connectivity index (χ2v) is 3.96. The number of amides is 3. The number of hydrogen-bond acceptors (Lipinski definition) is 5. The molecule has 104 valence electrons. The number of carboxylic acids is 1. The van der Waals surface area contributed by atoms with Gasteiger partial charge < -0.3 is 19.6 Å². The SMILES string of the molecule is CN(C)CCN(C)C(=O)NC(=O)COCC(=O)O. The number of nitrogens with one attached hydrogen (secondary N) is 1. The van der Waals surface area contributed by atoms with Gasteiger partial charge in [0.1, 0.15) is 13.2 Å². The normalized spacial score (nSPS) is 10.2. The van der Waals surface area contributed by atoms with Gasteiger partial charge in [-0.1, -0.05) is 0 Å². The van der Waals surface area contributed by atoms with Crippen LogP contribution in [0.25, 0.3) is 0 Å². The number of carbonyl (C=O) groups excluding carboxylic acids is 2. The van der Waals surface area contributed by atoms with Crippen LogP contribution in [0.5, 0.6) is 0 Å². The zero-order valence-corrected chi connectivity index (χ0v) is 10.8. The van der Waals surface area contributed by atoms with Crippen LogP contribution in [0.15, 0.2) is 0 Å². The third-order valence-electron chi connectivity index (χ3n) is 1.93. The lowest BCUT2D eigenvalue weighted by Gasteiger charge is -2.19. The highest BCUT2D eigenvalue weighted by Crippen LogP contribution is 1.86. The average molecular weight is 261 g/mol. The summed E-state index contributed by atoms with van der Waals surface area (Å²) in [4.78, 5) is 36.0. The highest BCUT2D eigenvalue weighted by molar-refractivity contribution is 5.94. The van der Waals surface area contributed by atoms with E-state index in [4.69, 9.17) is 5.11 Å². The molecular formula is C10H19N3O5. The van der Waals surface area contributed by atoms with E-state index in [9.17, 15) is 14.4 Å². The highest BCUT2D eigenvalue weighted by atomic mass is 16.5. The summed E-state index contributed by atoms with van der Waals surface area (Å²) in [6, 6.07) is -0.541. The van der Waals surface area contributed by atoms with Crippen LogP contribution in [0.2, 0.25) is 0 Å². The molecule has 0 aromatic carbocycles. The number of aliphatic carboxylic acids is 1. The molecule has 0 heterocycles. The van der Waals surface area contributed by atoms with Crippen molar-refractivity contribution in [2.75, 3.05) is 47.4 Å². The topological polar surface area (TPSA) is 99.2 Å². The molecule has 18 heavy (non-hydrogen) atoms. The lowest BCUT2D eigenvalue weighted by Crippen LogP contribution is -2.44. The molecule has 0 atom stereocenters. The van der Waals surface area contributed by atoms with Gasteiger partial charge in [-0.2, -0.15) is 0 Å². The van der Waals surface area contributed by atoms with E-state index in [2.05, 4.69) is 10.1 Å². The van der Waals surface area contributed by atoms with E-state index >= 15 is 0 Å². The number of likely N-dealkylation sites (N-methyl/N-ethyl adjacent to an activating group) is 2. The van der Waals surface area contributed by atoms with Crippen LogP contribution in [0.3, 0.4) is 0 Å². The third kappa shape index (κ3) is 8.48. The molecule has 0 fully saturated rings. The van der Waals surface area contributed by atoms with E-state index in [1.54, 1.807) is 7.05 Å². The van der Waals surface area contributed by atoms with Crippen LogP contribution in [-0.4, -0.2) is 80.3 Å². The Labute approximate surface area is 105 Å². The first-order valence-electron chi connectivity index (χ1n) is 5.32. The van der Waals surface area contributed by atoms with Gasteiger partial charge in [0.05, 0.1) is 0 Å². The molecule has 8 heteroatoms. The van der Waals surface area contributed by atoms with Gasteiger partial charge in [-0.05, 0) is 14.1 Å².